The van der Waals surface area contributed by atoms with Crippen LogP contribution in [0.5, 0.6) is 0 Å². The van der Waals surface area contributed by atoms with E-state index in [1.165, 1.54) is 4.31 Å². The highest BCUT2D eigenvalue weighted by Crippen LogP contribution is 2.25. The van der Waals surface area contributed by atoms with E-state index in [1.807, 2.05) is 0 Å². The summed E-state index contributed by atoms with van der Waals surface area (Å²) < 4.78 is 25.8. The van der Waals surface area contributed by atoms with Gasteiger partial charge in [-0.05, 0) is 49.2 Å². The molecule has 0 bridgehead atoms. The molecular formula is C21H22N4O5S. The maximum atomic E-state index is 12.5. The first kappa shape index (κ1) is 20.9. The van der Waals surface area contributed by atoms with E-state index < -0.39 is 33.8 Å². The first-order chi connectivity index (χ1) is 14.8. The van der Waals surface area contributed by atoms with Crippen molar-refractivity contribution in [2.45, 2.75) is 25.3 Å². The molecule has 2 aliphatic heterocycles. The number of para-hydroxylation sites is 1. The van der Waals surface area contributed by atoms with Crippen LogP contribution in [0.3, 0.4) is 0 Å². The molecule has 9 nitrogen and oxygen atoms in total. The number of benzene rings is 2. The average molecular weight is 442 g/mol. The highest BCUT2D eigenvalue weighted by Gasteiger charge is 2.29. The van der Waals surface area contributed by atoms with Gasteiger partial charge >= 0.3 is 0 Å². The van der Waals surface area contributed by atoms with Crippen molar-refractivity contribution in [2.24, 2.45) is 0 Å². The quantitative estimate of drug-likeness (QED) is 0.665. The van der Waals surface area contributed by atoms with E-state index in [4.69, 9.17) is 0 Å². The summed E-state index contributed by atoms with van der Waals surface area (Å²) in [6, 6.07) is 12.1. The van der Waals surface area contributed by atoms with Gasteiger partial charge in [0.15, 0.2) is 0 Å². The second kappa shape index (κ2) is 8.38. The zero-order valence-corrected chi connectivity index (χ0v) is 17.4. The van der Waals surface area contributed by atoms with Crippen molar-refractivity contribution >= 4 is 44.8 Å². The lowest BCUT2D eigenvalue weighted by Gasteiger charge is -2.28. The van der Waals surface area contributed by atoms with Crippen LogP contribution in [0.15, 0.2) is 48.5 Å². The summed E-state index contributed by atoms with van der Waals surface area (Å²) in [7, 11) is -3.31. The van der Waals surface area contributed by atoms with Crippen LogP contribution in [-0.2, 0) is 19.6 Å². The summed E-state index contributed by atoms with van der Waals surface area (Å²) >= 11 is 0. The third-order valence-electron chi connectivity index (χ3n) is 5.23. The van der Waals surface area contributed by atoms with Crippen molar-refractivity contribution in [2.75, 3.05) is 27.2 Å². The Labute approximate surface area is 179 Å². The third kappa shape index (κ3) is 4.53. The molecule has 31 heavy (non-hydrogen) atoms. The SMILES string of the molecule is O=C(C[C@H]1NC(=O)c2ccccc2NC1=O)Nc1ccc(N2CCCCS2(=O)=O)cc1. The molecule has 2 aliphatic rings. The zero-order valence-electron chi connectivity index (χ0n) is 16.6. The zero-order chi connectivity index (χ0) is 22.0. The van der Waals surface area contributed by atoms with Crippen LogP contribution in [-0.4, -0.2) is 44.5 Å². The van der Waals surface area contributed by atoms with Gasteiger partial charge in [0.2, 0.25) is 21.8 Å². The van der Waals surface area contributed by atoms with Gasteiger partial charge in [-0.3, -0.25) is 18.7 Å². The molecule has 2 aromatic carbocycles. The number of amides is 3. The molecule has 4 rings (SSSR count). The number of fused-ring (bicyclic) bond motifs is 1. The summed E-state index contributed by atoms with van der Waals surface area (Å²) in [4.78, 5) is 37.2. The van der Waals surface area contributed by atoms with E-state index in [-0.39, 0.29) is 12.2 Å². The number of carbonyl (C=O) groups excluding carboxylic acids is 3. The molecule has 2 heterocycles. The topological polar surface area (TPSA) is 125 Å². The Bertz CT molecular complexity index is 1130. The second-order valence-corrected chi connectivity index (χ2v) is 9.47. The van der Waals surface area contributed by atoms with Crippen molar-refractivity contribution < 1.29 is 22.8 Å². The Hall–Kier alpha value is -3.40. The molecule has 0 saturated carbocycles. The van der Waals surface area contributed by atoms with Crippen LogP contribution in [0.2, 0.25) is 0 Å². The fourth-order valence-electron chi connectivity index (χ4n) is 3.64. The standard InChI is InChI=1S/C21H22N4O5S/c26-19(13-18-21(28)23-17-6-2-1-5-16(17)20(27)24-18)22-14-7-9-15(10-8-14)25-11-3-4-12-31(25,29)30/h1-2,5-10,18H,3-4,11-13H2,(H,22,26)(H,23,28)(H,24,27)/t18-/m1/s1. The number of rotatable bonds is 4. The van der Waals surface area contributed by atoms with Crippen LogP contribution in [0.1, 0.15) is 29.6 Å². The van der Waals surface area contributed by atoms with Gasteiger partial charge in [-0.15, -0.1) is 0 Å². The number of nitrogens with zero attached hydrogens (tertiary/aromatic N) is 1. The average Bonchev–Trinajstić information content (AvgIpc) is 2.85. The van der Waals surface area contributed by atoms with Crippen LogP contribution in [0.4, 0.5) is 17.1 Å². The van der Waals surface area contributed by atoms with Crippen LogP contribution in [0.25, 0.3) is 0 Å². The number of anilines is 3. The summed E-state index contributed by atoms with van der Waals surface area (Å²) in [6.45, 7) is 0.437. The predicted octanol–water partition coefficient (Wildman–Crippen LogP) is 1.70. The number of hydrogen-bond donors (Lipinski definition) is 3. The van der Waals surface area contributed by atoms with Gasteiger partial charge in [0.25, 0.3) is 5.91 Å². The molecule has 0 unspecified atom stereocenters. The number of hydrogen-bond acceptors (Lipinski definition) is 5. The van der Waals surface area contributed by atoms with Gasteiger partial charge in [-0.1, -0.05) is 12.1 Å². The molecule has 0 radical (unpaired) electrons. The summed E-state index contributed by atoms with van der Waals surface area (Å²) in [5, 5.41) is 7.92. The molecule has 1 saturated heterocycles. The Balaban J connectivity index is 1.40. The minimum absolute atomic E-state index is 0.129. The van der Waals surface area contributed by atoms with E-state index in [2.05, 4.69) is 16.0 Å². The molecule has 0 spiro atoms. The molecule has 0 aliphatic carbocycles. The van der Waals surface area contributed by atoms with Gasteiger partial charge in [0, 0.05) is 12.2 Å². The normalized spacial score (nSPS) is 20.1. The summed E-state index contributed by atoms with van der Waals surface area (Å²) in [5.74, 6) is -1.23. The monoisotopic (exact) mass is 442 g/mol. The van der Waals surface area contributed by atoms with E-state index in [1.54, 1.807) is 48.5 Å². The van der Waals surface area contributed by atoms with Crippen molar-refractivity contribution in [3.05, 3.63) is 54.1 Å². The lowest BCUT2D eigenvalue weighted by Crippen LogP contribution is -2.43. The van der Waals surface area contributed by atoms with Crippen LogP contribution < -0.4 is 20.3 Å². The molecule has 3 amide bonds. The largest absolute Gasteiger partial charge is 0.340 e. The highest BCUT2D eigenvalue weighted by molar-refractivity contribution is 7.92. The number of sulfonamides is 1. The first-order valence-corrected chi connectivity index (χ1v) is 11.6. The number of nitrogens with one attached hydrogen (secondary N) is 3. The molecule has 10 heteroatoms. The molecule has 0 aromatic heterocycles. The smallest absolute Gasteiger partial charge is 0.254 e. The lowest BCUT2D eigenvalue weighted by molar-refractivity contribution is -0.122. The van der Waals surface area contributed by atoms with E-state index in [0.717, 1.165) is 6.42 Å². The Morgan fingerprint density at radius 2 is 1.81 bits per heavy atom. The minimum atomic E-state index is -3.31. The maximum Gasteiger partial charge on any atom is 0.254 e. The fourth-order valence-corrected chi connectivity index (χ4v) is 5.28. The maximum absolute atomic E-state index is 12.5. The van der Waals surface area contributed by atoms with Crippen molar-refractivity contribution in [1.82, 2.24) is 5.32 Å². The molecular weight excluding hydrogens is 420 g/mol. The molecule has 1 fully saturated rings. The van der Waals surface area contributed by atoms with Gasteiger partial charge in [-0.25, -0.2) is 8.42 Å². The van der Waals surface area contributed by atoms with E-state index in [9.17, 15) is 22.8 Å². The predicted molar refractivity (Wildman–Crippen MR) is 116 cm³/mol. The lowest BCUT2D eigenvalue weighted by atomic mass is 10.1. The Morgan fingerprint density at radius 3 is 2.55 bits per heavy atom. The Kier molecular flexibility index (Phi) is 5.64. The van der Waals surface area contributed by atoms with Crippen molar-refractivity contribution in [3.8, 4) is 0 Å². The van der Waals surface area contributed by atoms with Gasteiger partial charge < -0.3 is 16.0 Å². The van der Waals surface area contributed by atoms with E-state index >= 15 is 0 Å². The van der Waals surface area contributed by atoms with Crippen LogP contribution in [0, 0.1) is 0 Å². The van der Waals surface area contributed by atoms with Gasteiger partial charge in [0.1, 0.15) is 6.04 Å². The first-order valence-electron chi connectivity index (χ1n) is 9.94. The third-order valence-corrected chi connectivity index (χ3v) is 7.10. The molecule has 162 valence electrons. The number of carbonyl (C=O) groups is 3. The summed E-state index contributed by atoms with van der Waals surface area (Å²) in [5.41, 5.74) is 1.75. The molecule has 3 N–H and O–H groups in total. The van der Waals surface area contributed by atoms with Crippen LogP contribution >= 0.6 is 0 Å². The van der Waals surface area contributed by atoms with Gasteiger partial charge in [-0.2, -0.15) is 0 Å². The van der Waals surface area contributed by atoms with Gasteiger partial charge in [0.05, 0.1) is 29.1 Å². The summed E-state index contributed by atoms with van der Waals surface area (Å²) in [6.07, 6.45) is 1.22. The van der Waals surface area contributed by atoms with Crippen molar-refractivity contribution in [1.29, 1.82) is 0 Å². The molecule has 1 atom stereocenters. The van der Waals surface area contributed by atoms with Crippen molar-refractivity contribution in [3.63, 3.8) is 0 Å². The Morgan fingerprint density at radius 1 is 1.06 bits per heavy atom. The fraction of sp³-hybridized carbons (Fsp3) is 0.286. The molecule has 2 aromatic rings. The second-order valence-electron chi connectivity index (χ2n) is 7.46. The highest BCUT2D eigenvalue weighted by atomic mass is 32.2. The van der Waals surface area contributed by atoms with E-state index in [0.29, 0.717) is 35.6 Å². The minimum Gasteiger partial charge on any atom is -0.340 e.